The average molecular weight is 486 g/mol. The summed E-state index contributed by atoms with van der Waals surface area (Å²) >= 11 is 0. The maximum atomic E-state index is 13.0. The van der Waals surface area contributed by atoms with Crippen molar-refractivity contribution in [3.63, 3.8) is 0 Å². The Balaban J connectivity index is 2.26. The van der Waals surface area contributed by atoms with Crippen LogP contribution in [-0.2, 0) is 25.7 Å². The van der Waals surface area contributed by atoms with Gasteiger partial charge in [0, 0.05) is 17.7 Å². The number of phenolic OH excluding ortho intramolecular Hbond substituents is 2. The third-order valence-electron chi connectivity index (χ3n) is 5.04. The Labute approximate surface area is 196 Å². The number of aromatic hydroxyl groups is 2. The van der Waals surface area contributed by atoms with Gasteiger partial charge in [-0.1, -0.05) is 0 Å². The number of aliphatic carboxylic acids is 1. The van der Waals surface area contributed by atoms with Crippen LogP contribution in [-0.4, -0.2) is 52.6 Å². The number of rotatable bonds is 6. The van der Waals surface area contributed by atoms with Crippen molar-refractivity contribution in [2.75, 3.05) is 7.11 Å². The fourth-order valence-electron chi connectivity index (χ4n) is 3.41. The lowest BCUT2D eigenvalue weighted by Gasteiger charge is -2.19. The van der Waals surface area contributed by atoms with Crippen molar-refractivity contribution in [1.29, 1.82) is 0 Å². The van der Waals surface area contributed by atoms with Crippen LogP contribution in [0.5, 0.6) is 28.7 Å². The number of carbonyl (C=O) groups excluding carboxylic acids is 4. The van der Waals surface area contributed by atoms with Crippen molar-refractivity contribution in [3.05, 3.63) is 51.6 Å². The highest BCUT2D eigenvalue weighted by molar-refractivity contribution is 6.03. The summed E-state index contributed by atoms with van der Waals surface area (Å²) in [5.41, 5.74) is -1.21. The predicted octanol–water partition coefficient (Wildman–Crippen LogP) is 2.32. The second kappa shape index (κ2) is 9.55. The lowest BCUT2D eigenvalue weighted by Crippen LogP contribution is -2.13. The van der Waals surface area contributed by atoms with Crippen LogP contribution >= 0.6 is 0 Å². The zero-order valence-corrected chi connectivity index (χ0v) is 18.5. The maximum absolute atomic E-state index is 13.0. The number of esters is 3. The molecular formula is C23H18O12. The smallest absolute Gasteiger partial charge is 0.347 e. The molecular weight excluding hydrogens is 468 g/mol. The van der Waals surface area contributed by atoms with Crippen molar-refractivity contribution in [1.82, 2.24) is 0 Å². The SMILES string of the molecule is COC(=O)c1c(C)c2c(c(COC(=O)/C=C/C(=O)O)c1O)OC(=O)c1c(C)cc(O)c(C=O)c1O2. The van der Waals surface area contributed by atoms with Crippen LogP contribution in [0.25, 0.3) is 0 Å². The number of carbonyl (C=O) groups is 5. The van der Waals surface area contributed by atoms with Gasteiger partial charge in [-0.25, -0.2) is 19.2 Å². The Morgan fingerprint density at radius 3 is 2.34 bits per heavy atom. The van der Waals surface area contributed by atoms with Crippen molar-refractivity contribution < 1.29 is 58.2 Å². The molecule has 1 heterocycles. The molecule has 0 amide bonds. The molecule has 0 aliphatic carbocycles. The van der Waals surface area contributed by atoms with E-state index >= 15 is 0 Å². The number of hydrogen-bond acceptors (Lipinski definition) is 11. The van der Waals surface area contributed by atoms with Crippen molar-refractivity contribution >= 4 is 30.2 Å². The molecule has 2 aromatic rings. The summed E-state index contributed by atoms with van der Waals surface area (Å²) in [7, 11) is 1.05. The lowest BCUT2D eigenvalue weighted by atomic mass is 10.00. The van der Waals surface area contributed by atoms with E-state index in [1.165, 1.54) is 13.8 Å². The Kier molecular flexibility index (Phi) is 6.76. The molecule has 0 aromatic heterocycles. The standard InChI is InChI=1S/C23H18O12/c1-9-6-13(25)11(7-24)20-16(9)23(31)35-21-12(8-33-15(28)5-4-14(26)27)18(29)17(22(30)32-3)10(2)19(21)34-20/h4-7,25,29H,8H2,1-3H3,(H,26,27)/b5-4+. The number of ether oxygens (including phenoxy) is 4. The Morgan fingerprint density at radius 2 is 1.74 bits per heavy atom. The third-order valence-corrected chi connectivity index (χ3v) is 5.04. The van der Waals surface area contributed by atoms with Gasteiger partial charge in [0.2, 0.25) is 0 Å². The summed E-state index contributed by atoms with van der Waals surface area (Å²) in [6, 6.07) is 1.16. The predicted molar refractivity (Wildman–Crippen MR) is 114 cm³/mol. The Bertz CT molecular complexity index is 1320. The van der Waals surface area contributed by atoms with E-state index in [-0.39, 0.29) is 45.6 Å². The van der Waals surface area contributed by atoms with Crippen LogP contribution in [0.4, 0.5) is 0 Å². The van der Waals surface area contributed by atoms with Gasteiger partial charge in [-0.05, 0) is 25.5 Å². The summed E-state index contributed by atoms with van der Waals surface area (Å²) in [6.45, 7) is 2.01. The molecule has 182 valence electrons. The number of aryl methyl sites for hydroxylation is 1. The van der Waals surface area contributed by atoms with E-state index in [0.717, 1.165) is 13.2 Å². The molecule has 1 aliphatic heterocycles. The van der Waals surface area contributed by atoms with E-state index in [9.17, 15) is 34.2 Å². The van der Waals surface area contributed by atoms with E-state index in [2.05, 4.69) is 0 Å². The first-order valence-corrected chi connectivity index (χ1v) is 9.77. The summed E-state index contributed by atoms with van der Waals surface area (Å²) < 4.78 is 20.9. The Hall–Kier alpha value is -4.87. The first-order chi connectivity index (χ1) is 16.5. The minimum atomic E-state index is -1.41. The van der Waals surface area contributed by atoms with E-state index in [1.807, 2.05) is 0 Å². The number of benzene rings is 2. The summed E-state index contributed by atoms with van der Waals surface area (Å²) in [5.74, 6) is -6.86. The number of fused-ring (bicyclic) bond motifs is 2. The molecule has 35 heavy (non-hydrogen) atoms. The monoisotopic (exact) mass is 486 g/mol. The van der Waals surface area contributed by atoms with E-state index in [4.69, 9.17) is 24.1 Å². The second-order valence-electron chi connectivity index (χ2n) is 7.20. The van der Waals surface area contributed by atoms with Gasteiger partial charge in [0.05, 0.1) is 18.2 Å². The van der Waals surface area contributed by atoms with Crippen LogP contribution in [0.2, 0.25) is 0 Å². The zero-order chi connectivity index (χ0) is 26.0. The first-order valence-electron chi connectivity index (χ1n) is 9.77. The molecule has 0 atom stereocenters. The highest BCUT2D eigenvalue weighted by Gasteiger charge is 2.36. The normalized spacial score (nSPS) is 12.0. The van der Waals surface area contributed by atoms with E-state index < -0.39 is 53.3 Å². The van der Waals surface area contributed by atoms with Gasteiger partial charge in [0.1, 0.15) is 29.2 Å². The third kappa shape index (κ3) is 4.49. The fourth-order valence-corrected chi connectivity index (χ4v) is 3.41. The molecule has 0 bridgehead atoms. The minimum Gasteiger partial charge on any atom is -0.507 e. The topological polar surface area (TPSA) is 183 Å². The Morgan fingerprint density at radius 1 is 1.06 bits per heavy atom. The van der Waals surface area contributed by atoms with Gasteiger partial charge in [-0.3, -0.25) is 4.79 Å². The molecule has 0 radical (unpaired) electrons. The van der Waals surface area contributed by atoms with E-state index in [0.29, 0.717) is 12.2 Å². The van der Waals surface area contributed by atoms with Crippen LogP contribution in [0, 0.1) is 13.8 Å². The molecule has 2 aromatic carbocycles. The van der Waals surface area contributed by atoms with Crippen molar-refractivity contribution in [2.24, 2.45) is 0 Å². The molecule has 3 rings (SSSR count). The number of carboxylic acid groups (broad SMARTS) is 1. The second-order valence-corrected chi connectivity index (χ2v) is 7.20. The fraction of sp³-hybridized carbons (Fsp3) is 0.174. The van der Waals surface area contributed by atoms with Crippen LogP contribution in [0.15, 0.2) is 18.2 Å². The molecule has 3 N–H and O–H groups in total. The molecule has 0 saturated carbocycles. The van der Waals surface area contributed by atoms with Crippen LogP contribution in [0.1, 0.15) is 47.8 Å². The zero-order valence-electron chi connectivity index (χ0n) is 18.5. The molecule has 12 nitrogen and oxygen atoms in total. The number of methoxy groups -OCH3 is 1. The van der Waals surface area contributed by atoms with Crippen molar-refractivity contribution in [2.45, 2.75) is 20.5 Å². The van der Waals surface area contributed by atoms with Crippen LogP contribution < -0.4 is 9.47 Å². The average Bonchev–Trinajstić information content (AvgIpc) is 2.94. The molecule has 12 heteroatoms. The molecule has 0 saturated heterocycles. The first kappa shape index (κ1) is 24.8. The van der Waals surface area contributed by atoms with Crippen LogP contribution in [0.3, 0.4) is 0 Å². The summed E-state index contributed by atoms with van der Waals surface area (Å²) in [6.07, 6.45) is 1.39. The van der Waals surface area contributed by atoms with Gasteiger partial charge < -0.3 is 34.3 Å². The highest BCUT2D eigenvalue weighted by atomic mass is 16.6. The van der Waals surface area contributed by atoms with Gasteiger partial charge in [-0.15, -0.1) is 0 Å². The van der Waals surface area contributed by atoms with E-state index in [1.54, 1.807) is 0 Å². The summed E-state index contributed by atoms with van der Waals surface area (Å²) in [5, 5.41) is 29.6. The number of hydrogen-bond donors (Lipinski definition) is 3. The quantitative estimate of drug-likeness (QED) is 0.235. The van der Waals surface area contributed by atoms with Gasteiger partial charge >= 0.3 is 23.9 Å². The number of phenols is 2. The van der Waals surface area contributed by atoms with Crippen molar-refractivity contribution in [3.8, 4) is 28.7 Å². The van der Waals surface area contributed by atoms with Gasteiger partial charge in [0.15, 0.2) is 23.5 Å². The van der Waals surface area contributed by atoms with Gasteiger partial charge in [-0.2, -0.15) is 0 Å². The lowest BCUT2D eigenvalue weighted by molar-refractivity contribution is -0.139. The maximum Gasteiger partial charge on any atom is 0.347 e. The molecule has 1 aliphatic rings. The summed E-state index contributed by atoms with van der Waals surface area (Å²) in [4.78, 5) is 59.5. The molecule has 0 spiro atoms. The van der Waals surface area contributed by atoms with Gasteiger partial charge in [0.25, 0.3) is 0 Å². The number of aldehydes is 1. The minimum absolute atomic E-state index is 0.0521. The largest absolute Gasteiger partial charge is 0.507 e. The molecule has 0 unspecified atom stereocenters. The highest BCUT2D eigenvalue weighted by Crippen LogP contribution is 2.50. The molecule has 0 fully saturated rings. The number of carboxylic acids is 1.